The summed E-state index contributed by atoms with van der Waals surface area (Å²) in [5.41, 5.74) is 0.633. The second-order valence-electron chi connectivity index (χ2n) is 6.15. The summed E-state index contributed by atoms with van der Waals surface area (Å²) in [6, 6.07) is 0. The third-order valence-electron chi connectivity index (χ3n) is 5.69. The van der Waals surface area contributed by atoms with Crippen LogP contribution in [0.4, 0.5) is 0 Å². The summed E-state index contributed by atoms with van der Waals surface area (Å²) in [6.07, 6.45) is 7.34. The lowest BCUT2D eigenvalue weighted by Crippen LogP contribution is -2.13. The molecule has 2 aliphatic carbocycles. The van der Waals surface area contributed by atoms with Crippen molar-refractivity contribution in [2.75, 3.05) is 6.61 Å². The summed E-state index contributed by atoms with van der Waals surface area (Å²) in [6.45, 7) is 9.20. The maximum atomic E-state index is 12.2. The lowest BCUT2D eigenvalue weighted by Gasteiger charge is -2.15. The molecule has 2 fully saturated rings. The molecule has 0 N–H and O–H groups in total. The Bertz CT molecular complexity index is 325. The number of rotatable bonds is 7. The Morgan fingerprint density at radius 1 is 1.28 bits per heavy atom. The van der Waals surface area contributed by atoms with Gasteiger partial charge in [0, 0.05) is 0 Å². The van der Waals surface area contributed by atoms with Crippen LogP contribution < -0.4 is 0 Å². The average molecular weight is 252 g/mol. The fourth-order valence-electron chi connectivity index (χ4n) is 4.75. The van der Waals surface area contributed by atoms with E-state index in [0.717, 1.165) is 12.3 Å². The number of ether oxygens (including phenoxy) is 1. The molecular weight excluding hydrogens is 224 g/mol. The van der Waals surface area contributed by atoms with Crippen LogP contribution in [-0.4, -0.2) is 12.6 Å². The molecule has 1 unspecified atom stereocenters. The maximum absolute atomic E-state index is 12.2. The smallest absolute Gasteiger partial charge is 0.310 e. The van der Waals surface area contributed by atoms with Crippen molar-refractivity contribution >= 4 is 5.97 Å². The number of carbonyl (C=O) groups is 1. The zero-order chi connectivity index (χ0) is 13.4. The van der Waals surface area contributed by atoms with E-state index in [-0.39, 0.29) is 17.3 Å². The molecule has 2 saturated carbocycles. The first-order valence-electron chi connectivity index (χ1n) is 7.81. The number of esters is 1. The van der Waals surface area contributed by atoms with Crippen molar-refractivity contribution in [1.82, 2.24) is 0 Å². The minimum Gasteiger partial charge on any atom is -0.466 e. The quantitative estimate of drug-likeness (QED) is 0.635. The Morgan fingerprint density at radius 2 is 2.00 bits per heavy atom. The van der Waals surface area contributed by atoms with Crippen molar-refractivity contribution in [1.29, 1.82) is 0 Å². The largest absolute Gasteiger partial charge is 0.466 e. The first kappa shape index (κ1) is 13.9. The second kappa shape index (κ2) is 4.86. The van der Waals surface area contributed by atoms with Crippen molar-refractivity contribution in [3.05, 3.63) is 0 Å². The summed E-state index contributed by atoms with van der Waals surface area (Å²) in [5.74, 6) is 1.08. The molecule has 0 aliphatic heterocycles. The van der Waals surface area contributed by atoms with Crippen LogP contribution in [0.1, 0.15) is 66.2 Å². The number of hydrogen-bond acceptors (Lipinski definition) is 2. The monoisotopic (exact) mass is 252 g/mol. The van der Waals surface area contributed by atoms with Crippen molar-refractivity contribution in [2.45, 2.75) is 66.2 Å². The Balaban J connectivity index is 2.14. The molecule has 0 aromatic rings. The van der Waals surface area contributed by atoms with E-state index in [9.17, 15) is 4.79 Å². The van der Waals surface area contributed by atoms with E-state index in [1.807, 2.05) is 6.92 Å². The molecule has 0 bridgehead atoms. The van der Waals surface area contributed by atoms with E-state index < -0.39 is 0 Å². The molecule has 0 radical (unpaired) electrons. The first-order valence-corrected chi connectivity index (χ1v) is 7.81. The number of hydrogen-bond donors (Lipinski definition) is 0. The zero-order valence-corrected chi connectivity index (χ0v) is 12.4. The third-order valence-corrected chi connectivity index (χ3v) is 5.69. The van der Waals surface area contributed by atoms with Crippen LogP contribution in [0.3, 0.4) is 0 Å². The molecule has 2 aliphatic rings. The second-order valence-corrected chi connectivity index (χ2v) is 6.15. The normalized spacial score (nSPS) is 40.9. The highest BCUT2D eigenvalue weighted by atomic mass is 16.5. The SMILES string of the molecule is CCCCC1(CC)[C@@H](C(=O)OCC)[C@]12C[C@@H]2CC. The predicted octanol–water partition coefficient (Wildman–Crippen LogP) is 4.18. The highest BCUT2D eigenvalue weighted by Crippen LogP contribution is 2.88. The Kier molecular flexibility index (Phi) is 3.75. The molecule has 1 spiro atoms. The minimum atomic E-state index is 0.0893. The van der Waals surface area contributed by atoms with Crippen LogP contribution in [0, 0.1) is 22.7 Å². The van der Waals surface area contributed by atoms with E-state index in [2.05, 4.69) is 20.8 Å². The van der Waals surface area contributed by atoms with Crippen LogP contribution in [0.15, 0.2) is 0 Å². The number of unbranched alkanes of at least 4 members (excludes halogenated alkanes) is 1. The Hall–Kier alpha value is -0.530. The molecular formula is C16H28O2. The lowest BCUT2D eigenvalue weighted by molar-refractivity contribution is -0.146. The van der Waals surface area contributed by atoms with E-state index in [4.69, 9.17) is 4.74 Å². The molecule has 104 valence electrons. The molecule has 0 heterocycles. The Morgan fingerprint density at radius 3 is 2.44 bits per heavy atom. The van der Waals surface area contributed by atoms with Gasteiger partial charge in [0.25, 0.3) is 0 Å². The van der Waals surface area contributed by atoms with E-state index in [1.165, 1.54) is 32.1 Å². The molecule has 0 amide bonds. The van der Waals surface area contributed by atoms with Crippen LogP contribution >= 0.6 is 0 Å². The Labute approximate surface area is 111 Å². The molecule has 0 aromatic heterocycles. The molecule has 18 heavy (non-hydrogen) atoms. The molecule has 0 aromatic carbocycles. The summed E-state index contributed by atoms with van der Waals surface area (Å²) in [5, 5.41) is 0. The molecule has 2 nitrogen and oxygen atoms in total. The van der Waals surface area contributed by atoms with Crippen molar-refractivity contribution in [3.8, 4) is 0 Å². The van der Waals surface area contributed by atoms with Gasteiger partial charge in [-0.1, -0.05) is 40.0 Å². The van der Waals surface area contributed by atoms with Crippen LogP contribution in [0.25, 0.3) is 0 Å². The van der Waals surface area contributed by atoms with Gasteiger partial charge in [-0.2, -0.15) is 0 Å². The van der Waals surface area contributed by atoms with Crippen LogP contribution in [0.5, 0.6) is 0 Å². The van der Waals surface area contributed by atoms with Gasteiger partial charge < -0.3 is 4.74 Å². The van der Waals surface area contributed by atoms with Gasteiger partial charge in [0.05, 0.1) is 12.5 Å². The van der Waals surface area contributed by atoms with Gasteiger partial charge in [-0.3, -0.25) is 4.79 Å². The highest BCUT2D eigenvalue weighted by molar-refractivity contribution is 5.80. The van der Waals surface area contributed by atoms with Gasteiger partial charge >= 0.3 is 5.97 Å². The third kappa shape index (κ3) is 1.64. The van der Waals surface area contributed by atoms with Gasteiger partial charge in [0.2, 0.25) is 0 Å². The van der Waals surface area contributed by atoms with Gasteiger partial charge in [-0.15, -0.1) is 0 Å². The van der Waals surface area contributed by atoms with E-state index in [0.29, 0.717) is 12.0 Å². The summed E-state index contributed by atoms with van der Waals surface area (Å²) in [4.78, 5) is 12.2. The first-order chi connectivity index (χ1) is 8.64. The fraction of sp³-hybridized carbons (Fsp3) is 0.938. The van der Waals surface area contributed by atoms with E-state index in [1.54, 1.807) is 0 Å². The summed E-state index contributed by atoms with van der Waals surface area (Å²) >= 11 is 0. The van der Waals surface area contributed by atoms with Gasteiger partial charge in [-0.25, -0.2) is 0 Å². The average Bonchev–Trinajstić information content (AvgIpc) is 3.23. The number of carbonyl (C=O) groups excluding carboxylic acids is 1. The topological polar surface area (TPSA) is 26.3 Å². The lowest BCUT2D eigenvalue weighted by atomic mass is 9.90. The van der Waals surface area contributed by atoms with Crippen LogP contribution in [0.2, 0.25) is 0 Å². The van der Waals surface area contributed by atoms with Crippen molar-refractivity contribution < 1.29 is 9.53 Å². The van der Waals surface area contributed by atoms with Crippen molar-refractivity contribution in [3.63, 3.8) is 0 Å². The van der Waals surface area contributed by atoms with Crippen LogP contribution in [-0.2, 0) is 9.53 Å². The fourth-order valence-corrected chi connectivity index (χ4v) is 4.75. The summed E-state index contributed by atoms with van der Waals surface area (Å²) < 4.78 is 5.33. The summed E-state index contributed by atoms with van der Waals surface area (Å²) in [7, 11) is 0. The highest BCUT2D eigenvalue weighted by Gasteiger charge is 2.87. The van der Waals surface area contributed by atoms with Gasteiger partial charge in [0.15, 0.2) is 0 Å². The maximum Gasteiger partial charge on any atom is 0.310 e. The minimum absolute atomic E-state index is 0.0893. The van der Waals surface area contributed by atoms with E-state index >= 15 is 0 Å². The molecule has 0 saturated heterocycles. The predicted molar refractivity (Wildman–Crippen MR) is 73.2 cm³/mol. The molecule has 2 rings (SSSR count). The van der Waals surface area contributed by atoms with Crippen molar-refractivity contribution in [2.24, 2.45) is 22.7 Å². The molecule has 4 atom stereocenters. The van der Waals surface area contributed by atoms with Gasteiger partial charge in [-0.05, 0) is 42.9 Å². The standard InChI is InChI=1S/C16H28O2/c1-5-9-10-15(7-3)13(14(17)18-8-4)16(15)11-12(16)6-2/h12-13H,5-11H2,1-4H3/t12-,13+,15?,16+/m0/s1. The molecule has 2 heteroatoms. The van der Waals surface area contributed by atoms with Gasteiger partial charge in [0.1, 0.15) is 0 Å². The zero-order valence-electron chi connectivity index (χ0n) is 12.4.